The smallest absolute Gasteiger partial charge is 0.507 e. The third kappa shape index (κ3) is 5.82. The van der Waals surface area contributed by atoms with Gasteiger partial charge in [0.05, 0.1) is 12.8 Å². The van der Waals surface area contributed by atoms with Crippen molar-refractivity contribution in [2.75, 3.05) is 19.6 Å². The van der Waals surface area contributed by atoms with E-state index in [1.54, 1.807) is 13.8 Å². The topological polar surface area (TPSA) is 240 Å². The zero-order valence-electron chi connectivity index (χ0n) is 21.4. The maximum absolute atomic E-state index is 13.5. The zero-order chi connectivity index (χ0) is 28.7. The number of carbonyl (C=O) groups excluding carboxylic acids is 1. The van der Waals surface area contributed by atoms with Crippen molar-refractivity contribution in [1.29, 1.82) is 0 Å². The number of hydrogen-bond acceptors (Lipinski definition) is 10. The average molecular weight is 562 g/mol. The summed E-state index contributed by atoms with van der Waals surface area (Å²) in [5.41, 5.74) is 7.80. The minimum atomic E-state index is -4.08. The molecule has 0 aromatic heterocycles. The van der Waals surface area contributed by atoms with Gasteiger partial charge in [0.25, 0.3) is 10.2 Å². The van der Waals surface area contributed by atoms with Crippen LogP contribution in [-0.4, -0.2) is 106 Å². The van der Waals surface area contributed by atoms with Gasteiger partial charge in [-0.25, -0.2) is 0 Å². The second-order valence-corrected chi connectivity index (χ2v) is 12.4. The molecule has 0 radical (unpaired) electrons. The van der Waals surface area contributed by atoms with Crippen LogP contribution in [0, 0.1) is 5.92 Å². The molecular weight excluding hydrogens is 527 g/mol. The Bertz CT molecular complexity index is 1070. The van der Waals surface area contributed by atoms with Crippen molar-refractivity contribution >= 4 is 41.2 Å². The third-order valence-electron chi connectivity index (χ3n) is 7.85. The molecule has 7 N–H and O–H groups in total. The van der Waals surface area contributed by atoms with Gasteiger partial charge in [-0.3, -0.25) is 19.2 Å². The first-order valence-corrected chi connectivity index (χ1v) is 13.8. The molecule has 3 rings (SSSR count). The predicted molar refractivity (Wildman–Crippen MR) is 131 cm³/mol. The molecule has 214 valence electrons. The van der Waals surface area contributed by atoms with Gasteiger partial charge >= 0.3 is 31.0 Å². The van der Waals surface area contributed by atoms with Crippen LogP contribution in [0.3, 0.4) is 0 Å². The fraction of sp³-hybridized carbons (Fsp3) is 0.810. The molecule has 3 aliphatic rings. The highest BCUT2D eigenvalue weighted by Gasteiger charge is 2.57. The molecule has 1 aliphatic carbocycles. The van der Waals surface area contributed by atoms with Crippen molar-refractivity contribution in [2.24, 2.45) is 17.4 Å². The summed E-state index contributed by atoms with van der Waals surface area (Å²) < 4.78 is 39.8. The summed E-state index contributed by atoms with van der Waals surface area (Å²) in [7, 11) is -5.32. The quantitative estimate of drug-likeness (QED) is 0.154. The molecule has 15 nitrogen and oxygen atoms in total. The average Bonchev–Trinajstić information content (AvgIpc) is 3.34. The molecular formula is C21H35BN4O11S. The van der Waals surface area contributed by atoms with Gasteiger partial charge < -0.3 is 36.1 Å². The lowest BCUT2D eigenvalue weighted by Gasteiger charge is -2.34. The molecule has 0 amide bonds. The first kappa shape index (κ1) is 30.2. The minimum absolute atomic E-state index is 0.000506. The van der Waals surface area contributed by atoms with Crippen LogP contribution in [0.5, 0.6) is 0 Å². The van der Waals surface area contributed by atoms with E-state index in [1.165, 1.54) is 4.31 Å². The standard InChI is InChI=1S/C21H35BN4O11S/c1-3-26(13(2)19(23)6-7-19)38(34,35)25-11-14(21(24,12-25)17(31)32)5-4-8-22-36-18(33)20(37-22,9-15(27)28)10-16(29)30/h13-14H,3-12,23-24H2,1-2H3,(H,27,28)(H,29,30)(H,31,32)/t13-,14-,21-/m0/s1. The maximum atomic E-state index is 13.5. The molecule has 0 spiro atoms. The number of nitrogens with zero attached hydrogens (tertiary/aromatic N) is 2. The van der Waals surface area contributed by atoms with E-state index in [0.29, 0.717) is 12.8 Å². The highest BCUT2D eigenvalue weighted by atomic mass is 32.2. The van der Waals surface area contributed by atoms with Gasteiger partial charge in [0, 0.05) is 37.1 Å². The van der Waals surface area contributed by atoms with Crippen molar-refractivity contribution < 1.29 is 52.2 Å². The lowest BCUT2D eigenvalue weighted by atomic mass is 9.78. The van der Waals surface area contributed by atoms with Crippen LogP contribution in [0.25, 0.3) is 0 Å². The Hall–Kier alpha value is -2.31. The Morgan fingerprint density at radius 2 is 1.76 bits per heavy atom. The Labute approximate surface area is 220 Å². The first-order chi connectivity index (χ1) is 17.5. The highest BCUT2D eigenvalue weighted by Crippen LogP contribution is 2.41. The van der Waals surface area contributed by atoms with Crippen LogP contribution in [0.4, 0.5) is 0 Å². The molecule has 38 heavy (non-hydrogen) atoms. The van der Waals surface area contributed by atoms with E-state index in [1.807, 2.05) is 0 Å². The normalized spacial score (nSPS) is 27.3. The van der Waals surface area contributed by atoms with Crippen molar-refractivity contribution in [2.45, 2.75) is 81.4 Å². The van der Waals surface area contributed by atoms with Gasteiger partial charge in [-0.2, -0.15) is 17.0 Å². The van der Waals surface area contributed by atoms with Gasteiger partial charge in [0.1, 0.15) is 5.54 Å². The fourth-order valence-corrected chi connectivity index (χ4v) is 7.25. The highest BCUT2D eigenvalue weighted by molar-refractivity contribution is 7.86. The molecule has 0 aromatic carbocycles. The number of rotatable bonds is 14. The van der Waals surface area contributed by atoms with E-state index in [2.05, 4.69) is 0 Å². The first-order valence-electron chi connectivity index (χ1n) is 12.4. The van der Waals surface area contributed by atoms with Crippen molar-refractivity contribution in [3.05, 3.63) is 0 Å². The third-order valence-corrected chi connectivity index (χ3v) is 9.95. The summed E-state index contributed by atoms with van der Waals surface area (Å²) in [6.07, 6.45) is -0.117. The number of nitrogens with two attached hydrogens (primary N) is 2. The van der Waals surface area contributed by atoms with E-state index in [9.17, 15) is 32.7 Å². The van der Waals surface area contributed by atoms with Gasteiger partial charge in [0.2, 0.25) is 0 Å². The van der Waals surface area contributed by atoms with Crippen LogP contribution in [0.2, 0.25) is 6.32 Å². The number of hydrogen-bond donors (Lipinski definition) is 5. The van der Waals surface area contributed by atoms with E-state index < -0.39 is 89.2 Å². The maximum Gasteiger partial charge on any atom is 0.528 e. The summed E-state index contributed by atoms with van der Waals surface area (Å²) in [6, 6.07) is -0.486. The molecule has 2 saturated heterocycles. The largest absolute Gasteiger partial charge is 0.528 e. The van der Waals surface area contributed by atoms with Crippen LogP contribution in [0.15, 0.2) is 0 Å². The Kier molecular flexibility index (Phi) is 8.51. The zero-order valence-corrected chi connectivity index (χ0v) is 22.2. The molecule has 3 fully saturated rings. The number of carboxylic acids is 3. The Morgan fingerprint density at radius 3 is 2.24 bits per heavy atom. The van der Waals surface area contributed by atoms with Crippen molar-refractivity contribution in [3.63, 3.8) is 0 Å². The molecule has 1 saturated carbocycles. The minimum Gasteiger partial charge on any atom is -0.507 e. The number of likely N-dealkylation sites (N-methyl/N-ethyl adjacent to an activating group) is 1. The SMILES string of the molecule is CCN([C@@H](C)C1(N)CC1)S(=O)(=O)N1C[C@H](CCCB2OC(=O)C(CC(=O)O)(CC(=O)O)O2)[C@](N)(C(=O)O)C1. The van der Waals surface area contributed by atoms with Crippen LogP contribution in [-0.2, 0) is 38.7 Å². The Morgan fingerprint density at radius 1 is 1.18 bits per heavy atom. The molecule has 0 bridgehead atoms. The van der Waals surface area contributed by atoms with Crippen LogP contribution >= 0.6 is 0 Å². The summed E-state index contributed by atoms with van der Waals surface area (Å²) in [5, 5.41) is 28.1. The summed E-state index contributed by atoms with van der Waals surface area (Å²) in [6.45, 7) is 2.96. The summed E-state index contributed by atoms with van der Waals surface area (Å²) >= 11 is 0. The second-order valence-electron chi connectivity index (χ2n) is 10.5. The number of carboxylic acid groups (broad SMARTS) is 3. The Balaban J connectivity index is 1.68. The fourth-order valence-electron chi connectivity index (χ4n) is 5.27. The number of carbonyl (C=O) groups is 4. The monoisotopic (exact) mass is 562 g/mol. The van der Waals surface area contributed by atoms with Crippen LogP contribution in [0.1, 0.15) is 52.4 Å². The van der Waals surface area contributed by atoms with E-state index in [-0.39, 0.29) is 32.3 Å². The molecule has 17 heteroatoms. The van der Waals surface area contributed by atoms with Crippen LogP contribution < -0.4 is 11.5 Å². The van der Waals surface area contributed by atoms with Crippen molar-refractivity contribution in [3.8, 4) is 0 Å². The molecule has 0 aromatic rings. The summed E-state index contributed by atoms with van der Waals surface area (Å²) in [5.74, 6) is -6.15. The second kappa shape index (κ2) is 10.7. The van der Waals surface area contributed by atoms with E-state index in [4.69, 9.17) is 31.0 Å². The number of aliphatic carboxylic acids is 3. The van der Waals surface area contributed by atoms with Gasteiger partial charge in [-0.05, 0) is 32.5 Å². The van der Waals surface area contributed by atoms with Gasteiger partial charge in [-0.15, -0.1) is 0 Å². The van der Waals surface area contributed by atoms with Crippen molar-refractivity contribution in [1.82, 2.24) is 8.61 Å². The predicted octanol–water partition coefficient (Wildman–Crippen LogP) is -1.32. The van der Waals surface area contributed by atoms with E-state index >= 15 is 0 Å². The molecule has 2 heterocycles. The molecule has 3 atom stereocenters. The lowest BCUT2D eigenvalue weighted by molar-refractivity contribution is -0.157. The molecule has 2 aliphatic heterocycles. The van der Waals surface area contributed by atoms with E-state index in [0.717, 1.165) is 4.31 Å². The lowest BCUT2D eigenvalue weighted by Crippen LogP contribution is -2.57. The molecule has 0 unspecified atom stereocenters. The summed E-state index contributed by atoms with van der Waals surface area (Å²) in [4.78, 5) is 46.8. The van der Waals surface area contributed by atoms with Gasteiger partial charge in [0.15, 0.2) is 5.60 Å². The van der Waals surface area contributed by atoms with Gasteiger partial charge in [-0.1, -0.05) is 13.3 Å².